The molecule has 10 rings (SSSR count). The Bertz CT molecular complexity index is 3590. The van der Waals surface area contributed by atoms with E-state index in [2.05, 4.69) is 63.6 Å². The smallest absolute Gasteiger partial charge is 0.325 e. The number of nitrogens with zero attached hydrogens (tertiary/aromatic N) is 1. The monoisotopic (exact) mass is 1220 g/mol. The van der Waals surface area contributed by atoms with Gasteiger partial charge in [-0.3, -0.25) is 53.3 Å². The summed E-state index contributed by atoms with van der Waals surface area (Å²) in [7, 11) is 3.38. The summed E-state index contributed by atoms with van der Waals surface area (Å²) >= 11 is 0. The summed E-state index contributed by atoms with van der Waals surface area (Å²) in [5.74, 6) is -3.67. The molecule has 4 saturated carbocycles. The van der Waals surface area contributed by atoms with Crippen LogP contribution in [0.25, 0.3) is 0 Å². The second-order valence-corrected chi connectivity index (χ2v) is 26.6. The van der Waals surface area contributed by atoms with Gasteiger partial charge in [0.2, 0.25) is 12.3 Å². The first kappa shape index (κ1) is 64.4. The summed E-state index contributed by atoms with van der Waals surface area (Å²) in [6.45, 7) is 14.6. The van der Waals surface area contributed by atoms with Gasteiger partial charge >= 0.3 is 17.1 Å². The first-order valence-corrected chi connectivity index (χ1v) is 28.9. The van der Waals surface area contributed by atoms with E-state index in [0.717, 1.165) is 37.2 Å². The Balaban J connectivity index is 0.00000173. The minimum absolute atomic E-state index is 0.0229. The highest BCUT2D eigenvalue weighted by Crippen LogP contribution is 2.75. The number of ether oxygens (including phenoxy) is 4. The maximum atomic E-state index is 15.4. The molecule has 14 unspecified atom stereocenters. The van der Waals surface area contributed by atoms with Crippen molar-refractivity contribution < 1.29 is 68.5 Å². The fourth-order valence-electron chi connectivity index (χ4n) is 15.6. The van der Waals surface area contributed by atoms with Crippen LogP contribution in [0.5, 0.6) is 0 Å². The zero-order chi connectivity index (χ0) is 63.8. The first-order chi connectivity index (χ1) is 40.6. The number of carbonyl (C=O) groups is 5. The molecule has 87 heavy (non-hydrogen) atoms. The van der Waals surface area contributed by atoms with Gasteiger partial charge < -0.3 is 80.3 Å². The van der Waals surface area contributed by atoms with Crippen molar-refractivity contribution in [3.63, 3.8) is 0 Å². The number of aromatic nitrogens is 6. The molecular weight excluding hydrogens is 1140 g/mol. The predicted molar refractivity (Wildman–Crippen MR) is 305 cm³/mol. The van der Waals surface area contributed by atoms with Crippen LogP contribution in [0.2, 0.25) is 0 Å². The van der Waals surface area contributed by atoms with Gasteiger partial charge in [-0.15, -0.1) is 0 Å². The molecule has 19 atom stereocenters. The number of hydrogen-bond donors (Lipinski definition) is 14. The third-order valence-electron chi connectivity index (χ3n) is 20.7. The SMILES string of the molecule is CC1(C)C(OC2OC(C(=O)Nc3c[nH]c(=O)[nH]c3=O)C(O)C(O)C2OC2OC(C(=O)Nc3c[nH]c(=O)[nH]c3=O)C(O)C(O)C2O)CC[C@@]2(C)C1CC[C@]1(C)C2C(=O)C=C2C3C[C@@](C)(C(=O)Nc4c[nH]c(=O)[nH]c4=O)CC[C@]3(C)CC[C@]21C.CN(C)C=O. The molecule has 0 radical (unpaired) electrons. The van der Waals surface area contributed by atoms with E-state index in [9.17, 15) is 73.5 Å². The molecule has 30 heteroatoms. The number of ketones is 1. The van der Waals surface area contributed by atoms with Crippen molar-refractivity contribution in [3.8, 4) is 0 Å². The van der Waals surface area contributed by atoms with E-state index in [0.29, 0.717) is 38.5 Å². The summed E-state index contributed by atoms with van der Waals surface area (Å²) in [6, 6.07) is 0. The number of fused-ring (bicyclic) bond motifs is 7. The van der Waals surface area contributed by atoms with Crippen LogP contribution in [0.3, 0.4) is 0 Å². The Morgan fingerprint density at radius 2 is 1.11 bits per heavy atom. The van der Waals surface area contributed by atoms with Gasteiger partial charge in [0.1, 0.15) is 53.7 Å². The van der Waals surface area contributed by atoms with Gasteiger partial charge in [-0.1, -0.05) is 54.0 Å². The number of allylic oxidation sites excluding steroid dienone is 2. The Kier molecular flexibility index (Phi) is 17.4. The van der Waals surface area contributed by atoms with Gasteiger partial charge in [0.05, 0.1) is 6.10 Å². The molecule has 6 fully saturated rings. The topological polar surface area (TPSA) is 460 Å². The van der Waals surface area contributed by atoms with Crippen LogP contribution in [0, 0.1) is 50.2 Å². The fraction of sp³-hybridized carbons (Fsp3) is 0.667. The summed E-state index contributed by atoms with van der Waals surface area (Å²) in [4.78, 5) is 153. The normalized spacial score (nSPS) is 38.5. The number of aliphatic hydroxyl groups excluding tert-OH is 5. The van der Waals surface area contributed by atoms with E-state index in [1.54, 1.807) is 14.1 Å². The number of nitrogens with one attached hydrogen (secondary N) is 9. The predicted octanol–water partition coefficient (Wildman–Crippen LogP) is -1.26. The van der Waals surface area contributed by atoms with Gasteiger partial charge in [0.15, 0.2) is 30.6 Å². The molecular formula is C57H78N10O20. The molecule has 2 aliphatic heterocycles. The number of hydrogen-bond acceptors (Lipinski definition) is 20. The molecule has 476 valence electrons. The molecule has 0 aromatic carbocycles. The van der Waals surface area contributed by atoms with Gasteiger partial charge in [-0.2, -0.15) is 0 Å². The highest BCUT2D eigenvalue weighted by Gasteiger charge is 2.71. The maximum absolute atomic E-state index is 15.4. The van der Waals surface area contributed by atoms with E-state index < -0.39 is 157 Å². The van der Waals surface area contributed by atoms with Crippen molar-refractivity contribution in [2.75, 3.05) is 30.0 Å². The number of anilines is 3. The lowest BCUT2D eigenvalue weighted by atomic mass is 9.33. The largest absolute Gasteiger partial charge is 0.387 e. The summed E-state index contributed by atoms with van der Waals surface area (Å²) in [5, 5.41) is 63.9. The fourth-order valence-corrected chi connectivity index (χ4v) is 15.6. The van der Waals surface area contributed by atoms with E-state index in [1.807, 2.05) is 36.8 Å². The van der Waals surface area contributed by atoms with E-state index in [-0.39, 0.29) is 41.0 Å². The highest BCUT2D eigenvalue weighted by atomic mass is 16.8. The van der Waals surface area contributed by atoms with Crippen LogP contribution in [-0.4, -0.2) is 172 Å². The minimum atomic E-state index is -2.19. The molecule has 0 bridgehead atoms. The standard InChI is InChI=1S/C54H71N9O19.C3H7NO/c1-49(2)27-8-11-54(7)37(26(64)16-21-22-17-51(4,13-12-50(22,3)14-15-53(21,54)6)45(75)60-25-20-57-48(78)63-40(25)72)52(27,5)10-9-28(49)79-44-36(32(68)31(67)35(81-44)42(74)59-24-19-56-47(77)62-39(24)71)82-43-33(69)29(65)30(66)34(80-43)41(73)58-23-18-55-46(76)61-38(23)70;1-4(2)3-5/h16,18-20,22,27-37,43-44,65-69H,8-15,17H2,1-7H3,(H,58,73)(H,59,74)(H,60,75)(H2,55,61,70,76)(H2,56,62,71,77)(H2,57,63,72,78);3H,1-2H3/t22?,27?,28?,29?,30?,31?,32?,33?,34?,35?,36?,37?,43?,44?,50-,51+,52+,53-,54-;/m1./s1. The van der Waals surface area contributed by atoms with Crippen LogP contribution in [-0.2, 0) is 42.9 Å². The highest BCUT2D eigenvalue weighted by molar-refractivity contribution is 5.97. The summed E-state index contributed by atoms with van der Waals surface area (Å²) < 4.78 is 24.8. The Hall–Kier alpha value is -7.03. The molecule has 2 saturated heterocycles. The van der Waals surface area contributed by atoms with Crippen LogP contribution in [0.4, 0.5) is 17.1 Å². The van der Waals surface area contributed by atoms with Crippen LogP contribution in [0.1, 0.15) is 106 Å². The van der Waals surface area contributed by atoms with Gasteiger partial charge in [0, 0.05) is 44.0 Å². The quantitative estimate of drug-likeness (QED) is 0.0787. The van der Waals surface area contributed by atoms with Crippen LogP contribution < -0.4 is 49.7 Å². The van der Waals surface area contributed by atoms with Crippen molar-refractivity contribution in [1.82, 2.24) is 34.8 Å². The molecule has 5 heterocycles. The lowest BCUT2D eigenvalue weighted by Crippen LogP contribution is -2.68. The molecule has 14 N–H and O–H groups in total. The first-order valence-electron chi connectivity index (χ1n) is 28.9. The van der Waals surface area contributed by atoms with Gasteiger partial charge in [-0.25, -0.2) is 14.4 Å². The maximum Gasteiger partial charge on any atom is 0.325 e. The number of H-pyrrole nitrogens is 6. The van der Waals surface area contributed by atoms with Crippen molar-refractivity contribution in [2.45, 2.75) is 174 Å². The molecule has 0 spiro atoms. The second kappa shape index (κ2) is 23.5. The Morgan fingerprint density at radius 3 is 1.63 bits per heavy atom. The van der Waals surface area contributed by atoms with E-state index in [1.165, 1.54) is 11.1 Å². The minimum Gasteiger partial charge on any atom is -0.387 e. The second-order valence-electron chi connectivity index (χ2n) is 26.6. The van der Waals surface area contributed by atoms with Crippen molar-refractivity contribution in [2.24, 2.45) is 50.2 Å². The van der Waals surface area contributed by atoms with E-state index in [4.69, 9.17) is 18.9 Å². The molecule has 30 nitrogen and oxygen atoms in total. The van der Waals surface area contributed by atoms with Gasteiger partial charge in [0.25, 0.3) is 28.5 Å². The average Bonchev–Trinajstić information content (AvgIpc) is 0.676. The number of aromatic amines is 6. The molecule has 7 aliphatic rings. The number of amides is 4. The zero-order valence-corrected chi connectivity index (χ0v) is 49.6. The van der Waals surface area contributed by atoms with E-state index >= 15 is 4.79 Å². The zero-order valence-electron chi connectivity index (χ0n) is 49.6. The molecule has 5 aliphatic carbocycles. The average molecular weight is 1220 g/mol. The lowest BCUT2D eigenvalue weighted by molar-refractivity contribution is -0.369. The number of carbonyl (C=O) groups excluding carboxylic acids is 5. The molecule has 3 aromatic rings. The van der Waals surface area contributed by atoms with Crippen molar-refractivity contribution in [3.05, 3.63) is 92.8 Å². The van der Waals surface area contributed by atoms with Crippen molar-refractivity contribution >= 4 is 47.0 Å². The third kappa shape index (κ3) is 11.5. The molecule has 4 amide bonds. The van der Waals surface area contributed by atoms with Gasteiger partial charge in [-0.05, 0) is 103 Å². The lowest BCUT2D eigenvalue weighted by Gasteiger charge is -2.70. The summed E-state index contributed by atoms with van der Waals surface area (Å²) in [5.41, 5.74) is -8.94. The van der Waals surface area contributed by atoms with Crippen molar-refractivity contribution in [1.29, 1.82) is 0 Å². The Morgan fingerprint density at radius 1 is 0.621 bits per heavy atom. The molecule has 3 aromatic heterocycles. The summed E-state index contributed by atoms with van der Waals surface area (Å²) in [6.07, 6.45) is -10.9. The number of rotatable bonds is 11. The van der Waals surface area contributed by atoms with Crippen LogP contribution in [0.15, 0.2) is 59.0 Å². The third-order valence-corrected chi connectivity index (χ3v) is 20.7. The number of aliphatic hydroxyl groups is 5. The Labute approximate surface area is 495 Å². The van der Waals surface area contributed by atoms with Crippen LogP contribution >= 0.6 is 0 Å².